The van der Waals surface area contributed by atoms with Crippen molar-refractivity contribution in [1.82, 2.24) is 14.2 Å². The van der Waals surface area contributed by atoms with Gasteiger partial charge in [0.15, 0.2) is 0 Å². The molecule has 1 saturated heterocycles. The van der Waals surface area contributed by atoms with E-state index in [1.807, 2.05) is 31.2 Å². The first-order chi connectivity index (χ1) is 15.4. The van der Waals surface area contributed by atoms with Gasteiger partial charge in [-0.05, 0) is 48.4 Å². The normalized spacial score (nSPS) is 15.4. The Morgan fingerprint density at radius 2 is 1.72 bits per heavy atom. The summed E-state index contributed by atoms with van der Waals surface area (Å²) < 4.78 is 27.9. The molecule has 1 aliphatic rings. The largest absolute Gasteiger partial charge is 0.307 e. The highest BCUT2D eigenvalue weighted by Gasteiger charge is 2.29. The SMILES string of the molecule is Cc1ccnc(NC(=O)c2cccc(S(=O)(=O)N3CCN(Cc4ccccc4)CC3)c2)c1. The van der Waals surface area contributed by atoms with E-state index in [2.05, 4.69) is 27.3 Å². The molecule has 0 bridgehead atoms. The van der Waals surface area contributed by atoms with Gasteiger partial charge in [-0.3, -0.25) is 9.69 Å². The fourth-order valence-electron chi connectivity index (χ4n) is 3.71. The average Bonchev–Trinajstić information content (AvgIpc) is 2.80. The predicted octanol–water partition coefficient (Wildman–Crippen LogP) is 3.15. The Morgan fingerprint density at radius 1 is 0.969 bits per heavy atom. The molecule has 0 aliphatic carbocycles. The van der Waals surface area contributed by atoms with Crippen LogP contribution in [-0.2, 0) is 16.6 Å². The number of sulfonamides is 1. The van der Waals surface area contributed by atoms with E-state index in [1.54, 1.807) is 24.4 Å². The Labute approximate surface area is 188 Å². The molecular formula is C24H26N4O3S. The molecule has 2 aromatic carbocycles. The molecule has 1 fully saturated rings. The van der Waals surface area contributed by atoms with Gasteiger partial charge in [0.1, 0.15) is 5.82 Å². The third kappa shape index (κ3) is 5.21. The molecule has 0 atom stereocenters. The fourth-order valence-corrected chi connectivity index (χ4v) is 5.18. The molecule has 1 aliphatic heterocycles. The topological polar surface area (TPSA) is 82.6 Å². The molecule has 2 heterocycles. The maximum atomic E-state index is 13.2. The van der Waals surface area contributed by atoms with E-state index in [9.17, 15) is 13.2 Å². The van der Waals surface area contributed by atoms with Gasteiger partial charge in [0.25, 0.3) is 5.91 Å². The van der Waals surface area contributed by atoms with Crippen LogP contribution in [0.1, 0.15) is 21.5 Å². The van der Waals surface area contributed by atoms with E-state index in [4.69, 9.17) is 0 Å². The molecule has 1 aromatic heterocycles. The summed E-state index contributed by atoms with van der Waals surface area (Å²) in [4.78, 5) is 19.1. The van der Waals surface area contributed by atoms with Crippen LogP contribution in [0.25, 0.3) is 0 Å². The van der Waals surface area contributed by atoms with Crippen LogP contribution in [0, 0.1) is 6.92 Å². The van der Waals surface area contributed by atoms with Gasteiger partial charge in [-0.15, -0.1) is 0 Å². The number of nitrogens with zero attached hydrogens (tertiary/aromatic N) is 3. The number of aromatic nitrogens is 1. The smallest absolute Gasteiger partial charge is 0.256 e. The molecule has 1 amide bonds. The first kappa shape index (κ1) is 22.1. The van der Waals surface area contributed by atoms with Gasteiger partial charge in [-0.2, -0.15) is 4.31 Å². The Kier molecular flexibility index (Phi) is 6.64. The number of anilines is 1. The highest BCUT2D eigenvalue weighted by Crippen LogP contribution is 2.20. The minimum atomic E-state index is -3.68. The zero-order valence-corrected chi connectivity index (χ0v) is 18.8. The van der Waals surface area contributed by atoms with E-state index >= 15 is 0 Å². The number of aryl methyl sites for hydroxylation is 1. The summed E-state index contributed by atoms with van der Waals surface area (Å²) in [6, 6.07) is 19.9. The number of benzene rings is 2. The molecule has 1 N–H and O–H groups in total. The van der Waals surface area contributed by atoms with E-state index in [1.165, 1.54) is 22.0 Å². The molecule has 166 valence electrons. The van der Waals surface area contributed by atoms with Gasteiger partial charge in [0, 0.05) is 44.5 Å². The van der Waals surface area contributed by atoms with Gasteiger partial charge in [0.2, 0.25) is 10.0 Å². The van der Waals surface area contributed by atoms with Crippen LogP contribution in [0.2, 0.25) is 0 Å². The molecule has 3 aromatic rings. The Bertz CT molecular complexity index is 1190. The lowest BCUT2D eigenvalue weighted by molar-refractivity contribution is 0.102. The minimum Gasteiger partial charge on any atom is -0.307 e. The summed E-state index contributed by atoms with van der Waals surface area (Å²) in [7, 11) is -3.68. The number of rotatable bonds is 6. The maximum absolute atomic E-state index is 13.2. The zero-order chi connectivity index (χ0) is 22.6. The van der Waals surface area contributed by atoms with E-state index in [-0.39, 0.29) is 10.5 Å². The monoisotopic (exact) mass is 450 g/mol. The summed E-state index contributed by atoms with van der Waals surface area (Å²) in [5.41, 5.74) is 2.46. The van der Waals surface area contributed by atoms with E-state index in [0.717, 1.165) is 12.1 Å². The third-order valence-electron chi connectivity index (χ3n) is 5.47. The first-order valence-corrected chi connectivity index (χ1v) is 12.0. The van der Waals surface area contributed by atoms with E-state index < -0.39 is 15.9 Å². The number of carbonyl (C=O) groups excluding carboxylic acids is 1. The van der Waals surface area contributed by atoms with Crippen LogP contribution < -0.4 is 5.32 Å². The van der Waals surface area contributed by atoms with Crippen LogP contribution in [-0.4, -0.2) is 54.7 Å². The zero-order valence-electron chi connectivity index (χ0n) is 17.9. The second kappa shape index (κ2) is 9.60. The Morgan fingerprint density at radius 3 is 2.44 bits per heavy atom. The van der Waals surface area contributed by atoms with Crippen molar-refractivity contribution in [3.05, 3.63) is 89.6 Å². The highest BCUT2D eigenvalue weighted by atomic mass is 32.2. The second-order valence-electron chi connectivity index (χ2n) is 7.87. The summed E-state index contributed by atoms with van der Waals surface area (Å²) in [6.45, 7) is 4.86. The summed E-state index contributed by atoms with van der Waals surface area (Å²) in [5.74, 6) is 0.0330. The third-order valence-corrected chi connectivity index (χ3v) is 7.37. The number of piperazine rings is 1. The minimum absolute atomic E-state index is 0.124. The number of hydrogen-bond acceptors (Lipinski definition) is 5. The van der Waals surface area contributed by atoms with Crippen molar-refractivity contribution < 1.29 is 13.2 Å². The lowest BCUT2D eigenvalue weighted by Gasteiger charge is -2.34. The van der Waals surface area contributed by atoms with Crippen molar-refractivity contribution in [1.29, 1.82) is 0 Å². The molecule has 7 nitrogen and oxygen atoms in total. The molecule has 4 rings (SSSR count). The van der Waals surface area contributed by atoms with Crippen molar-refractivity contribution >= 4 is 21.7 Å². The number of hydrogen-bond donors (Lipinski definition) is 1. The maximum Gasteiger partial charge on any atom is 0.256 e. The molecule has 0 radical (unpaired) electrons. The van der Waals surface area contributed by atoms with E-state index in [0.29, 0.717) is 32.0 Å². The second-order valence-corrected chi connectivity index (χ2v) is 9.80. The standard InChI is InChI=1S/C24H26N4O3S/c1-19-10-11-25-23(16-19)26-24(29)21-8-5-9-22(17-21)32(30,31)28-14-12-27(13-15-28)18-20-6-3-2-4-7-20/h2-11,16-17H,12-15,18H2,1H3,(H,25,26,29). The molecule has 0 unspecified atom stereocenters. The van der Waals surface area contributed by atoms with Crippen LogP contribution >= 0.6 is 0 Å². The van der Waals surface area contributed by atoms with Gasteiger partial charge in [-0.25, -0.2) is 13.4 Å². The average molecular weight is 451 g/mol. The first-order valence-electron chi connectivity index (χ1n) is 10.5. The molecule has 0 saturated carbocycles. The lowest BCUT2D eigenvalue weighted by atomic mass is 10.2. The number of nitrogens with one attached hydrogen (secondary N) is 1. The van der Waals surface area contributed by atoms with Gasteiger partial charge >= 0.3 is 0 Å². The van der Waals surface area contributed by atoms with Crippen LogP contribution in [0.5, 0.6) is 0 Å². The summed E-state index contributed by atoms with van der Waals surface area (Å²) >= 11 is 0. The predicted molar refractivity (Wildman–Crippen MR) is 124 cm³/mol. The van der Waals surface area contributed by atoms with Crippen molar-refractivity contribution in [2.75, 3.05) is 31.5 Å². The number of carbonyl (C=O) groups is 1. The Balaban J connectivity index is 1.42. The van der Waals surface area contributed by atoms with Crippen LogP contribution in [0.15, 0.2) is 77.8 Å². The van der Waals surface area contributed by atoms with Gasteiger partial charge in [0.05, 0.1) is 4.90 Å². The van der Waals surface area contributed by atoms with Crippen molar-refractivity contribution in [2.45, 2.75) is 18.4 Å². The highest BCUT2D eigenvalue weighted by molar-refractivity contribution is 7.89. The fraction of sp³-hybridized carbons (Fsp3) is 0.250. The van der Waals surface area contributed by atoms with Crippen molar-refractivity contribution in [3.63, 3.8) is 0 Å². The molecule has 8 heteroatoms. The molecular weight excluding hydrogens is 424 g/mol. The summed E-state index contributed by atoms with van der Waals surface area (Å²) in [6.07, 6.45) is 1.61. The van der Waals surface area contributed by atoms with Crippen molar-refractivity contribution in [3.8, 4) is 0 Å². The summed E-state index contributed by atoms with van der Waals surface area (Å²) in [5, 5.41) is 2.72. The Hall–Kier alpha value is -3.07. The van der Waals surface area contributed by atoms with Crippen LogP contribution in [0.3, 0.4) is 0 Å². The number of pyridine rings is 1. The van der Waals surface area contributed by atoms with Gasteiger partial charge in [-0.1, -0.05) is 36.4 Å². The molecule has 0 spiro atoms. The van der Waals surface area contributed by atoms with Crippen LogP contribution in [0.4, 0.5) is 5.82 Å². The lowest BCUT2D eigenvalue weighted by Crippen LogP contribution is -2.48. The molecule has 32 heavy (non-hydrogen) atoms. The number of amides is 1. The van der Waals surface area contributed by atoms with Gasteiger partial charge < -0.3 is 5.32 Å². The quantitative estimate of drug-likeness (QED) is 0.624. The van der Waals surface area contributed by atoms with Crippen molar-refractivity contribution in [2.24, 2.45) is 0 Å².